The molecule has 2 aromatic rings. The van der Waals surface area contributed by atoms with Crippen LogP contribution in [0.5, 0.6) is 11.5 Å². The number of ether oxygens (including phenoxy) is 1. The van der Waals surface area contributed by atoms with Crippen LogP contribution in [0.2, 0.25) is 0 Å². The van der Waals surface area contributed by atoms with Crippen molar-refractivity contribution in [2.45, 2.75) is 6.54 Å². The Morgan fingerprint density at radius 1 is 1.50 bits per heavy atom. The fourth-order valence-corrected chi connectivity index (χ4v) is 1.45. The van der Waals surface area contributed by atoms with E-state index in [2.05, 4.69) is 5.10 Å². The maximum absolute atomic E-state index is 13.7. The lowest BCUT2D eigenvalue weighted by atomic mass is 10.2. The van der Waals surface area contributed by atoms with E-state index in [1.54, 1.807) is 18.2 Å². The molecule has 4 nitrogen and oxygen atoms in total. The largest absolute Gasteiger partial charge is 0.505 e. The van der Waals surface area contributed by atoms with Gasteiger partial charge in [0.1, 0.15) is 0 Å². The van der Waals surface area contributed by atoms with Crippen molar-refractivity contribution in [3.05, 3.63) is 42.0 Å². The SMILES string of the molecule is COc1cccc(Cn2cc(O)cn2)c1F. The van der Waals surface area contributed by atoms with Crippen molar-refractivity contribution in [2.75, 3.05) is 7.11 Å². The third-order valence-electron chi connectivity index (χ3n) is 2.22. The van der Waals surface area contributed by atoms with E-state index in [0.29, 0.717) is 5.56 Å². The summed E-state index contributed by atoms with van der Waals surface area (Å²) in [6.07, 6.45) is 2.73. The van der Waals surface area contributed by atoms with E-state index in [1.165, 1.54) is 24.2 Å². The third-order valence-corrected chi connectivity index (χ3v) is 2.22. The van der Waals surface area contributed by atoms with Crippen LogP contribution in [0.15, 0.2) is 30.6 Å². The molecule has 1 aromatic carbocycles. The van der Waals surface area contributed by atoms with Crippen LogP contribution in [-0.2, 0) is 6.54 Å². The molecule has 5 heteroatoms. The first-order valence-electron chi connectivity index (χ1n) is 4.73. The molecule has 0 amide bonds. The molecule has 0 saturated heterocycles. The zero-order valence-corrected chi connectivity index (χ0v) is 8.72. The molecule has 2 rings (SSSR count). The number of benzene rings is 1. The topological polar surface area (TPSA) is 47.3 Å². The average Bonchev–Trinajstić information content (AvgIpc) is 2.67. The molecule has 0 aliphatic heterocycles. The van der Waals surface area contributed by atoms with Crippen molar-refractivity contribution in [2.24, 2.45) is 0 Å². The highest BCUT2D eigenvalue weighted by molar-refractivity contribution is 5.31. The van der Waals surface area contributed by atoms with Gasteiger partial charge in [0.15, 0.2) is 17.3 Å². The molecule has 0 unspecified atom stereocenters. The highest BCUT2D eigenvalue weighted by atomic mass is 19.1. The van der Waals surface area contributed by atoms with E-state index >= 15 is 0 Å². The molecule has 0 radical (unpaired) electrons. The Balaban J connectivity index is 2.28. The number of nitrogens with zero attached hydrogens (tertiary/aromatic N) is 2. The molecule has 16 heavy (non-hydrogen) atoms. The molecule has 0 bridgehead atoms. The van der Waals surface area contributed by atoms with Gasteiger partial charge in [0.05, 0.1) is 26.0 Å². The van der Waals surface area contributed by atoms with E-state index in [4.69, 9.17) is 9.84 Å². The molecule has 1 N–H and O–H groups in total. The zero-order chi connectivity index (χ0) is 11.5. The molecule has 0 atom stereocenters. The van der Waals surface area contributed by atoms with Gasteiger partial charge in [-0.05, 0) is 6.07 Å². The second-order valence-electron chi connectivity index (χ2n) is 3.33. The second kappa shape index (κ2) is 4.22. The fourth-order valence-electron chi connectivity index (χ4n) is 1.45. The van der Waals surface area contributed by atoms with Crippen LogP contribution >= 0.6 is 0 Å². The van der Waals surface area contributed by atoms with Crippen LogP contribution in [0, 0.1) is 5.82 Å². The van der Waals surface area contributed by atoms with Gasteiger partial charge < -0.3 is 9.84 Å². The van der Waals surface area contributed by atoms with Gasteiger partial charge in [-0.3, -0.25) is 4.68 Å². The summed E-state index contributed by atoms with van der Waals surface area (Å²) in [6.45, 7) is 0.254. The van der Waals surface area contributed by atoms with Crippen LogP contribution in [0.3, 0.4) is 0 Å². The lowest BCUT2D eigenvalue weighted by molar-refractivity contribution is 0.383. The molecule has 0 saturated carbocycles. The molecule has 84 valence electrons. The highest BCUT2D eigenvalue weighted by Gasteiger charge is 2.09. The minimum Gasteiger partial charge on any atom is -0.505 e. The number of hydrogen-bond acceptors (Lipinski definition) is 3. The predicted octanol–water partition coefficient (Wildman–Crippen LogP) is 1.78. The Morgan fingerprint density at radius 3 is 2.94 bits per heavy atom. The van der Waals surface area contributed by atoms with Crippen LogP contribution in [0.4, 0.5) is 4.39 Å². The molecular weight excluding hydrogens is 211 g/mol. The quantitative estimate of drug-likeness (QED) is 0.861. The van der Waals surface area contributed by atoms with Gasteiger partial charge in [-0.1, -0.05) is 12.1 Å². The Labute approximate surface area is 91.9 Å². The monoisotopic (exact) mass is 222 g/mol. The van der Waals surface area contributed by atoms with E-state index < -0.39 is 5.82 Å². The zero-order valence-electron chi connectivity index (χ0n) is 8.72. The number of rotatable bonds is 3. The van der Waals surface area contributed by atoms with Crippen LogP contribution < -0.4 is 4.74 Å². The summed E-state index contributed by atoms with van der Waals surface area (Å²) >= 11 is 0. The molecule has 0 fully saturated rings. The van der Waals surface area contributed by atoms with Gasteiger partial charge in [0.2, 0.25) is 0 Å². The number of hydrogen-bond donors (Lipinski definition) is 1. The number of methoxy groups -OCH3 is 1. The highest BCUT2D eigenvalue weighted by Crippen LogP contribution is 2.20. The second-order valence-corrected chi connectivity index (χ2v) is 3.33. The maximum atomic E-state index is 13.7. The van der Waals surface area contributed by atoms with Gasteiger partial charge in [-0.2, -0.15) is 5.10 Å². The maximum Gasteiger partial charge on any atom is 0.170 e. The minimum atomic E-state index is -0.403. The standard InChI is InChI=1S/C11H11FN2O2/c1-16-10-4-2-3-8(11(10)12)6-14-7-9(15)5-13-14/h2-5,7,15H,6H2,1H3. The third kappa shape index (κ3) is 1.98. The van der Waals surface area contributed by atoms with E-state index in [0.717, 1.165) is 0 Å². The first kappa shape index (κ1) is 10.5. The van der Waals surface area contributed by atoms with Crippen LogP contribution in [0.25, 0.3) is 0 Å². The molecule has 0 aliphatic carbocycles. The molecule has 1 heterocycles. The van der Waals surface area contributed by atoms with E-state index in [-0.39, 0.29) is 18.0 Å². The van der Waals surface area contributed by atoms with Crippen molar-refractivity contribution in [3.63, 3.8) is 0 Å². The lowest BCUT2D eigenvalue weighted by Crippen LogP contribution is -2.03. The van der Waals surface area contributed by atoms with Gasteiger partial charge >= 0.3 is 0 Å². The van der Waals surface area contributed by atoms with Crippen LogP contribution in [0.1, 0.15) is 5.56 Å². The normalized spacial score (nSPS) is 10.4. The number of aromatic hydroxyl groups is 1. The Morgan fingerprint density at radius 2 is 2.31 bits per heavy atom. The van der Waals surface area contributed by atoms with Crippen molar-refractivity contribution >= 4 is 0 Å². The van der Waals surface area contributed by atoms with Gasteiger partial charge in [-0.25, -0.2) is 4.39 Å². The predicted molar refractivity (Wildman–Crippen MR) is 55.9 cm³/mol. The number of aromatic nitrogens is 2. The van der Waals surface area contributed by atoms with Gasteiger partial charge in [-0.15, -0.1) is 0 Å². The summed E-state index contributed by atoms with van der Waals surface area (Å²) < 4.78 is 20.1. The first-order chi connectivity index (χ1) is 7.70. The summed E-state index contributed by atoms with van der Waals surface area (Å²) in [5.41, 5.74) is 0.461. The Kier molecular flexibility index (Phi) is 2.76. The average molecular weight is 222 g/mol. The lowest BCUT2D eigenvalue weighted by Gasteiger charge is -2.07. The molecular formula is C11H11FN2O2. The summed E-state index contributed by atoms with van der Waals surface area (Å²) in [5, 5.41) is 13.0. The van der Waals surface area contributed by atoms with Crippen LogP contribution in [-0.4, -0.2) is 22.0 Å². The Hall–Kier alpha value is -2.04. The summed E-state index contributed by atoms with van der Waals surface area (Å²) in [4.78, 5) is 0. The van der Waals surface area contributed by atoms with Crippen molar-refractivity contribution in [1.82, 2.24) is 9.78 Å². The Bertz CT molecular complexity index is 496. The van der Waals surface area contributed by atoms with Crippen molar-refractivity contribution in [1.29, 1.82) is 0 Å². The summed E-state index contributed by atoms with van der Waals surface area (Å²) in [6, 6.07) is 4.91. The minimum absolute atomic E-state index is 0.0586. The summed E-state index contributed by atoms with van der Waals surface area (Å²) in [5.74, 6) is -0.142. The first-order valence-corrected chi connectivity index (χ1v) is 4.73. The number of halogens is 1. The fraction of sp³-hybridized carbons (Fsp3) is 0.182. The smallest absolute Gasteiger partial charge is 0.170 e. The van der Waals surface area contributed by atoms with Crippen molar-refractivity contribution in [3.8, 4) is 11.5 Å². The molecule has 0 spiro atoms. The van der Waals surface area contributed by atoms with Crippen molar-refractivity contribution < 1.29 is 14.2 Å². The van der Waals surface area contributed by atoms with E-state index in [9.17, 15) is 4.39 Å². The summed E-state index contributed by atoms with van der Waals surface area (Å²) in [7, 11) is 1.42. The van der Waals surface area contributed by atoms with Gasteiger partial charge in [0, 0.05) is 5.56 Å². The van der Waals surface area contributed by atoms with Gasteiger partial charge in [0.25, 0.3) is 0 Å². The van der Waals surface area contributed by atoms with E-state index in [1.807, 2.05) is 0 Å². The molecule has 1 aromatic heterocycles. The molecule has 0 aliphatic rings.